The van der Waals surface area contributed by atoms with Gasteiger partial charge in [-0.05, 0) is 59.7 Å². The van der Waals surface area contributed by atoms with Crippen LogP contribution in [0.4, 0.5) is 0 Å². The van der Waals surface area contributed by atoms with Crippen LogP contribution >= 0.6 is 56.7 Å². The summed E-state index contributed by atoms with van der Waals surface area (Å²) in [5.41, 5.74) is 1.31. The minimum Gasteiger partial charge on any atom is -0.481 e. The minimum absolute atomic E-state index is 0.0657. The van der Waals surface area contributed by atoms with Crippen molar-refractivity contribution < 1.29 is 34.5 Å². The second-order valence-electron chi connectivity index (χ2n) is 8.64. The molecule has 40 heavy (non-hydrogen) atoms. The van der Waals surface area contributed by atoms with Crippen molar-refractivity contribution in [3.63, 3.8) is 0 Å². The second-order valence-corrected chi connectivity index (χ2v) is 14.0. The second kappa shape index (κ2) is 11.6. The van der Waals surface area contributed by atoms with Gasteiger partial charge in [-0.3, -0.25) is 14.4 Å². The summed E-state index contributed by atoms with van der Waals surface area (Å²) in [4.78, 5) is 54.3. The number of carboxylic acid groups (broad SMARTS) is 3. The Morgan fingerprint density at radius 3 is 1.45 bits per heavy atom. The van der Waals surface area contributed by atoms with Crippen molar-refractivity contribution in [1.82, 2.24) is 0 Å². The third-order valence-corrected chi connectivity index (χ3v) is 12.3. The maximum Gasteiger partial charge on any atom is 0.345 e. The van der Waals surface area contributed by atoms with E-state index in [1.165, 1.54) is 51.4 Å². The molecule has 0 unspecified atom stereocenters. The first-order chi connectivity index (χ1) is 19.1. The highest BCUT2D eigenvalue weighted by Crippen LogP contribution is 2.48. The van der Waals surface area contributed by atoms with Crippen LogP contribution in [0.25, 0.3) is 39.0 Å². The van der Waals surface area contributed by atoms with Crippen LogP contribution < -0.4 is 0 Å². The van der Waals surface area contributed by atoms with Crippen LogP contribution in [0.1, 0.15) is 43.8 Å². The summed E-state index contributed by atoms with van der Waals surface area (Å²) >= 11 is 6.87. The lowest BCUT2D eigenvalue weighted by molar-refractivity contribution is -0.137. The highest BCUT2D eigenvalue weighted by molar-refractivity contribution is 7.30. The molecule has 0 aromatic carbocycles. The lowest BCUT2D eigenvalue weighted by Gasteiger charge is -1.99. The van der Waals surface area contributed by atoms with Crippen molar-refractivity contribution >= 4 is 80.4 Å². The van der Waals surface area contributed by atoms with E-state index in [2.05, 4.69) is 0 Å². The van der Waals surface area contributed by atoms with Crippen molar-refractivity contribution in [3.8, 4) is 39.0 Å². The Kier molecular flexibility index (Phi) is 8.15. The van der Waals surface area contributed by atoms with Gasteiger partial charge in [0.2, 0.25) is 0 Å². The van der Waals surface area contributed by atoms with Gasteiger partial charge in [0.1, 0.15) is 4.88 Å². The molecule has 0 saturated carbocycles. The topological polar surface area (TPSA) is 129 Å². The Hall–Kier alpha value is -3.42. The fourth-order valence-corrected chi connectivity index (χ4v) is 9.75. The van der Waals surface area contributed by atoms with E-state index in [4.69, 9.17) is 0 Å². The molecule has 0 aliphatic carbocycles. The molecule has 0 aliphatic rings. The van der Waals surface area contributed by atoms with Gasteiger partial charge in [0.25, 0.3) is 0 Å². The van der Waals surface area contributed by atoms with E-state index >= 15 is 0 Å². The average molecular weight is 629 g/mol. The van der Waals surface area contributed by atoms with Gasteiger partial charge < -0.3 is 15.3 Å². The lowest BCUT2D eigenvalue weighted by atomic mass is 10.1. The molecule has 0 radical (unpaired) electrons. The number of hydrogen-bond acceptors (Lipinski definition) is 9. The van der Waals surface area contributed by atoms with Gasteiger partial charge in [0, 0.05) is 45.4 Å². The van der Waals surface area contributed by atoms with Gasteiger partial charge >= 0.3 is 17.9 Å². The summed E-state index contributed by atoms with van der Waals surface area (Å²) in [7, 11) is 0. The van der Waals surface area contributed by atoms with Crippen molar-refractivity contribution in [3.05, 3.63) is 69.4 Å². The first-order valence-electron chi connectivity index (χ1n) is 11.9. The van der Waals surface area contributed by atoms with Gasteiger partial charge in [0.15, 0.2) is 5.78 Å². The molecular weight excluding hydrogens is 609 g/mol. The molecule has 3 N–H and O–H groups in total. The number of carbonyl (C=O) groups excluding carboxylic acids is 1. The van der Waals surface area contributed by atoms with E-state index in [-0.39, 0.29) is 23.5 Å². The SMILES string of the molecule is CCC(=O)c1ccc(-c2cc(CC(=O)O)c(-c3ccc(-c4sc(-c5ccc(C(=O)O)s5)cc4CC(=O)O)s3)s2)s1. The molecular formula is C28H20O7S5. The Labute approximate surface area is 248 Å². The monoisotopic (exact) mass is 628 g/mol. The zero-order chi connectivity index (χ0) is 28.6. The molecule has 0 aliphatic heterocycles. The number of hydrogen-bond donors (Lipinski definition) is 3. The summed E-state index contributed by atoms with van der Waals surface area (Å²) in [6, 6.07) is 14.4. The molecule has 0 amide bonds. The van der Waals surface area contributed by atoms with E-state index in [1.807, 2.05) is 31.2 Å². The number of carbonyl (C=O) groups is 4. The van der Waals surface area contributed by atoms with Crippen molar-refractivity contribution in [2.24, 2.45) is 0 Å². The average Bonchev–Trinajstić information content (AvgIpc) is 3.71. The first kappa shape index (κ1) is 28.1. The summed E-state index contributed by atoms with van der Waals surface area (Å²) < 4.78 is 0. The molecule has 0 fully saturated rings. The Balaban J connectivity index is 1.54. The predicted molar refractivity (Wildman–Crippen MR) is 162 cm³/mol. The smallest absolute Gasteiger partial charge is 0.345 e. The van der Waals surface area contributed by atoms with E-state index < -0.39 is 17.9 Å². The molecule has 12 heteroatoms. The van der Waals surface area contributed by atoms with Crippen molar-refractivity contribution in [2.75, 3.05) is 0 Å². The maximum absolute atomic E-state index is 12.1. The summed E-state index contributed by atoms with van der Waals surface area (Å²) in [6.07, 6.45) is 0.0864. The number of Topliss-reactive ketones (excluding diaryl/α,β-unsaturated/α-hetero) is 1. The van der Waals surface area contributed by atoms with Crippen molar-refractivity contribution in [1.29, 1.82) is 0 Å². The molecule has 5 rings (SSSR count). The summed E-state index contributed by atoms with van der Waals surface area (Å²) in [5, 5.41) is 28.4. The van der Waals surface area contributed by atoms with Crippen LogP contribution in [0.2, 0.25) is 0 Å². The molecule has 0 bridgehead atoms. The van der Waals surface area contributed by atoms with Gasteiger partial charge in [-0.15, -0.1) is 56.7 Å². The predicted octanol–water partition coefficient (Wildman–Crippen LogP) is 8.21. The van der Waals surface area contributed by atoms with Crippen LogP contribution in [0.15, 0.2) is 48.5 Å². The standard InChI is InChI=1S/C28H20O7S5/c1-2-15(29)16-3-4-17(36-16)22-9-13(11-24(30)31)26(39-22)19-6-7-20(38-19)27-14(12-25(32)33)10-23(40-27)18-5-8-21(37-18)28(34)35/h3-10H,2,11-12H2,1H3,(H,30,31)(H,32,33)(H,34,35). The quantitative estimate of drug-likeness (QED) is 0.126. The molecule has 0 saturated heterocycles. The Bertz CT molecular complexity index is 1760. The van der Waals surface area contributed by atoms with E-state index in [9.17, 15) is 34.5 Å². The summed E-state index contributed by atoms with van der Waals surface area (Å²) in [5.74, 6) is -2.86. The number of aliphatic carboxylic acids is 2. The van der Waals surface area contributed by atoms with Crippen molar-refractivity contribution in [2.45, 2.75) is 26.2 Å². The maximum atomic E-state index is 12.1. The Morgan fingerprint density at radius 2 is 1.02 bits per heavy atom. The third-order valence-electron chi connectivity index (χ3n) is 5.86. The lowest BCUT2D eigenvalue weighted by Crippen LogP contribution is -1.99. The largest absolute Gasteiger partial charge is 0.481 e. The number of carboxylic acids is 3. The molecule has 5 aromatic rings. The molecule has 0 spiro atoms. The molecule has 5 heterocycles. The highest BCUT2D eigenvalue weighted by atomic mass is 32.1. The number of rotatable bonds is 11. The van der Waals surface area contributed by atoms with Crippen LogP contribution in [0.3, 0.4) is 0 Å². The molecule has 7 nitrogen and oxygen atoms in total. The van der Waals surface area contributed by atoms with E-state index in [0.29, 0.717) is 22.4 Å². The van der Waals surface area contributed by atoms with Gasteiger partial charge in [-0.2, -0.15) is 0 Å². The fourth-order valence-electron chi connectivity index (χ4n) is 4.07. The van der Waals surface area contributed by atoms with Crippen LogP contribution in [0.5, 0.6) is 0 Å². The fraction of sp³-hybridized carbons (Fsp3) is 0.143. The Morgan fingerprint density at radius 1 is 0.575 bits per heavy atom. The first-order valence-corrected chi connectivity index (χ1v) is 16.0. The zero-order valence-electron chi connectivity index (χ0n) is 20.8. The number of aromatic carboxylic acids is 1. The third kappa shape index (κ3) is 5.86. The highest BCUT2D eigenvalue weighted by Gasteiger charge is 2.21. The van der Waals surface area contributed by atoms with E-state index in [1.54, 1.807) is 18.2 Å². The molecule has 0 atom stereocenters. The van der Waals surface area contributed by atoms with Crippen LogP contribution in [-0.2, 0) is 22.4 Å². The van der Waals surface area contributed by atoms with Gasteiger partial charge in [-0.25, -0.2) is 4.79 Å². The zero-order valence-corrected chi connectivity index (χ0v) is 24.8. The van der Waals surface area contributed by atoms with Gasteiger partial charge in [-0.1, -0.05) is 6.92 Å². The number of ketones is 1. The van der Waals surface area contributed by atoms with E-state index in [0.717, 1.165) is 50.4 Å². The molecule has 204 valence electrons. The molecule has 5 aromatic heterocycles. The van der Waals surface area contributed by atoms with Crippen LogP contribution in [0, 0.1) is 0 Å². The minimum atomic E-state index is -1.01. The van der Waals surface area contributed by atoms with Crippen LogP contribution in [-0.4, -0.2) is 39.0 Å². The van der Waals surface area contributed by atoms with Gasteiger partial charge in [0.05, 0.1) is 17.7 Å². The normalized spacial score (nSPS) is 11.1. The summed E-state index contributed by atoms with van der Waals surface area (Å²) in [6.45, 7) is 1.82. The number of thiophene rings is 5.